The van der Waals surface area contributed by atoms with E-state index in [1.54, 1.807) is 0 Å². The maximum atomic E-state index is 11.7. The highest BCUT2D eigenvalue weighted by atomic mass is 16.6. The van der Waals surface area contributed by atoms with Crippen molar-refractivity contribution in [3.05, 3.63) is 0 Å². The van der Waals surface area contributed by atoms with Gasteiger partial charge in [-0.3, -0.25) is 14.4 Å². The van der Waals surface area contributed by atoms with E-state index >= 15 is 0 Å². The molecule has 0 saturated heterocycles. The van der Waals surface area contributed by atoms with E-state index in [0.29, 0.717) is 0 Å². The molecule has 1 unspecified atom stereocenters. The molecule has 140 valence electrons. The number of aliphatic carboxylic acids is 5. The predicted molar refractivity (Wildman–Crippen MR) is 65.2 cm³/mol. The van der Waals surface area contributed by atoms with E-state index in [2.05, 4.69) is 4.74 Å². The van der Waals surface area contributed by atoms with Gasteiger partial charge in [0.1, 0.15) is 5.60 Å². The third-order valence-electron chi connectivity index (χ3n) is 2.83. The Labute approximate surface area is 138 Å². The van der Waals surface area contributed by atoms with Crippen LogP contribution in [-0.4, -0.2) is 67.4 Å². The smallest absolute Gasteiger partial charge is 0.349 e. The van der Waals surface area contributed by atoms with Crippen molar-refractivity contribution in [2.75, 3.05) is 0 Å². The Morgan fingerprint density at radius 3 is 1.52 bits per heavy atom. The van der Waals surface area contributed by atoms with Crippen molar-refractivity contribution < 1.29 is 64.1 Å². The van der Waals surface area contributed by atoms with Gasteiger partial charge in [-0.2, -0.15) is 0 Å². The van der Waals surface area contributed by atoms with E-state index in [4.69, 9.17) is 15.3 Å². The second-order valence-corrected chi connectivity index (χ2v) is 4.96. The van der Waals surface area contributed by atoms with E-state index in [-0.39, 0.29) is 0 Å². The number of rotatable bonds is 11. The summed E-state index contributed by atoms with van der Waals surface area (Å²) in [5.74, 6) is -12.3. The first-order valence-corrected chi connectivity index (χ1v) is 6.26. The summed E-state index contributed by atoms with van der Waals surface area (Å²) >= 11 is 0. The largest absolute Gasteiger partial charge is 0.550 e. The number of hydrogen-bond acceptors (Lipinski definition) is 10. The topological polar surface area (TPSA) is 239 Å². The van der Waals surface area contributed by atoms with E-state index in [1.165, 1.54) is 0 Å². The Bertz CT molecular complexity index is 590. The molecule has 0 aromatic rings. The maximum absolute atomic E-state index is 11.7. The predicted octanol–water partition coefficient (Wildman–Crippen LogP) is -4.69. The Morgan fingerprint density at radius 2 is 1.24 bits per heavy atom. The molecule has 0 aromatic carbocycles. The number of hydrogen-bond donors (Lipinski definition) is 4. The van der Waals surface area contributed by atoms with E-state index in [1.807, 2.05) is 0 Å². The Kier molecular flexibility index (Phi) is 7.01. The zero-order valence-corrected chi connectivity index (χ0v) is 12.3. The fraction of sp³-hybridized carbons (Fsp3) is 0.500. The van der Waals surface area contributed by atoms with E-state index in [0.717, 1.165) is 0 Å². The highest BCUT2D eigenvalue weighted by Gasteiger charge is 2.48. The number of carbonyl (C=O) groups excluding carboxylic acids is 3. The van der Waals surface area contributed by atoms with Crippen LogP contribution in [0.5, 0.6) is 0 Å². The first-order chi connectivity index (χ1) is 11.2. The van der Waals surface area contributed by atoms with Gasteiger partial charge in [0.25, 0.3) is 0 Å². The maximum Gasteiger partial charge on any atom is 0.349 e. The highest BCUT2D eigenvalue weighted by Crippen LogP contribution is 2.25. The Morgan fingerprint density at radius 1 is 0.800 bits per heavy atom. The molecule has 0 aliphatic heterocycles. The quantitative estimate of drug-likeness (QED) is 0.252. The average Bonchev–Trinajstić information content (AvgIpc) is 2.34. The summed E-state index contributed by atoms with van der Waals surface area (Å²) in [6, 6.07) is 0. The van der Waals surface area contributed by atoms with Crippen molar-refractivity contribution in [2.24, 2.45) is 0 Å². The normalized spacial score (nSPS) is 13.3. The van der Waals surface area contributed by atoms with Crippen molar-refractivity contribution in [1.29, 1.82) is 0 Å². The lowest BCUT2D eigenvalue weighted by Gasteiger charge is -2.31. The summed E-state index contributed by atoms with van der Waals surface area (Å²) in [7, 11) is 0. The Balaban J connectivity index is 5.60. The fourth-order valence-electron chi connectivity index (χ4n) is 1.76. The average molecular weight is 364 g/mol. The molecule has 4 N–H and O–H groups in total. The van der Waals surface area contributed by atoms with Crippen molar-refractivity contribution >= 4 is 35.8 Å². The molecule has 13 heteroatoms. The summed E-state index contributed by atoms with van der Waals surface area (Å²) in [5.41, 5.74) is -6.45. The van der Waals surface area contributed by atoms with Crippen LogP contribution in [0, 0.1) is 0 Å². The molecule has 0 rings (SSSR count). The fourth-order valence-corrected chi connectivity index (χ4v) is 1.76. The second kappa shape index (κ2) is 8.05. The lowest BCUT2D eigenvalue weighted by molar-refractivity contribution is -0.333. The molecule has 0 fully saturated rings. The van der Waals surface area contributed by atoms with Gasteiger partial charge >= 0.3 is 23.9 Å². The number of esters is 1. The van der Waals surface area contributed by atoms with Crippen LogP contribution < -0.4 is 10.2 Å². The van der Waals surface area contributed by atoms with Gasteiger partial charge in [0, 0.05) is 12.4 Å². The third-order valence-corrected chi connectivity index (χ3v) is 2.83. The summed E-state index contributed by atoms with van der Waals surface area (Å²) in [5, 5.41) is 57.1. The van der Waals surface area contributed by atoms with Crippen molar-refractivity contribution in [3.8, 4) is 0 Å². The molecule has 0 aliphatic rings. The Hall–Kier alpha value is -3.22. The summed E-state index contributed by atoms with van der Waals surface area (Å²) in [6.45, 7) is 0. The van der Waals surface area contributed by atoms with E-state index < -0.39 is 72.7 Å². The number of aliphatic hydroxyl groups is 1. The lowest BCUT2D eigenvalue weighted by Crippen LogP contribution is -2.54. The number of ether oxygens (including phenoxy) is 1. The molecule has 0 saturated carbocycles. The van der Waals surface area contributed by atoms with Gasteiger partial charge in [-0.25, -0.2) is 4.79 Å². The van der Waals surface area contributed by atoms with Gasteiger partial charge in [0.15, 0.2) is 0 Å². The molecule has 0 spiro atoms. The second-order valence-electron chi connectivity index (χ2n) is 4.96. The van der Waals surface area contributed by atoms with Crippen molar-refractivity contribution in [1.82, 2.24) is 0 Å². The van der Waals surface area contributed by atoms with Crippen molar-refractivity contribution in [2.45, 2.75) is 36.9 Å². The first kappa shape index (κ1) is 21.8. The molecule has 0 bridgehead atoms. The highest BCUT2D eigenvalue weighted by molar-refractivity contribution is 5.92. The van der Waals surface area contributed by atoms with Crippen molar-refractivity contribution in [3.63, 3.8) is 0 Å². The van der Waals surface area contributed by atoms with Gasteiger partial charge in [0.2, 0.25) is 5.60 Å². The molecule has 0 amide bonds. The number of carbonyl (C=O) groups is 6. The summed E-state index contributed by atoms with van der Waals surface area (Å²) in [4.78, 5) is 65.6. The van der Waals surface area contributed by atoms with E-state index in [9.17, 15) is 44.1 Å². The first-order valence-electron chi connectivity index (χ1n) is 6.26. The molecule has 0 radical (unpaired) electrons. The summed E-state index contributed by atoms with van der Waals surface area (Å²) < 4.78 is 4.28. The zero-order valence-electron chi connectivity index (χ0n) is 12.3. The molecule has 1 atom stereocenters. The van der Waals surface area contributed by atoms with Crippen LogP contribution in [-0.2, 0) is 33.5 Å². The lowest BCUT2D eigenvalue weighted by atomic mass is 9.93. The number of carboxylic acid groups (broad SMARTS) is 5. The molecule has 0 aliphatic carbocycles. The molecule has 25 heavy (non-hydrogen) atoms. The van der Waals surface area contributed by atoms with Crippen LogP contribution in [0.25, 0.3) is 0 Å². The van der Waals surface area contributed by atoms with Gasteiger partial charge in [-0.05, 0) is 0 Å². The third kappa shape index (κ3) is 6.42. The SMILES string of the molecule is O=C([O-])CC(O)(CC(=O)OC(CC(=O)O)(CC(=O)O)C(=O)O)C(=O)[O-]. The minimum absolute atomic E-state index is 1.50. The van der Waals surface area contributed by atoms with Gasteiger partial charge in [0.05, 0.1) is 25.2 Å². The van der Waals surface area contributed by atoms with Gasteiger partial charge in [-0.15, -0.1) is 0 Å². The molecule has 0 aromatic heterocycles. The molecular weight excluding hydrogens is 352 g/mol. The zero-order chi connectivity index (χ0) is 20.0. The molecule has 13 nitrogen and oxygen atoms in total. The van der Waals surface area contributed by atoms with Crippen LogP contribution in [0.2, 0.25) is 0 Å². The van der Waals surface area contributed by atoms with Crippen LogP contribution in [0.3, 0.4) is 0 Å². The minimum Gasteiger partial charge on any atom is -0.550 e. The molecule has 0 heterocycles. The van der Waals surface area contributed by atoms with Crippen LogP contribution in [0.1, 0.15) is 25.7 Å². The monoisotopic (exact) mass is 364 g/mol. The van der Waals surface area contributed by atoms with Crippen LogP contribution >= 0.6 is 0 Å². The number of carboxylic acids is 5. The molecular formula is C12H12O13-2. The summed E-state index contributed by atoms with van der Waals surface area (Å²) in [6.07, 6.45) is -6.27. The van der Waals surface area contributed by atoms with Gasteiger partial charge < -0.3 is 45.0 Å². The van der Waals surface area contributed by atoms with Crippen LogP contribution in [0.4, 0.5) is 0 Å². The minimum atomic E-state index is -3.34. The van der Waals surface area contributed by atoms with Crippen LogP contribution in [0.15, 0.2) is 0 Å². The standard InChI is InChI=1S/C12H14O13/c13-5(14)1-11(24,9(20)21)4-8(19)25-12(10(22)23,2-6(15)16)3-7(17)18/h24H,1-4H2,(H,13,14)(H,15,16)(H,17,18)(H,20,21)(H,22,23)/p-2. The van der Waals surface area contributed by atoms with Gasteiger partial charge in [-0.1, -0.05) is 0 Å².